The zero-order valence-corrected chi connectivity index (χ0v) is 15.7. The van der Waals surface area contributed by atoms with Gasteiger partial charge >= 0.3 is 0 Å². The summed E-state index contributed by atoms with van der Waals surface area (Å²) in [5.41, 5.74) is 3.10. The first kappa shape index (κ1) is 18.0. The average molecular weight is 366 g/mol. The molecule has 1 aromatic heterocycles. The Labute approximate surface area is 159 Å². The molecule has 1 N–H and O–H groups in total. The molecule has 1 atom stereocenters. The molecule has 2 aromatic rings. The summed E-state index contributed by atoms with van der Waals surface area (Å²) in [6, 6.07) is 13.5. The number of amides is 1. The van der Waals surface area contributed by atoms with Crippen molar-refractivity contribution in [2.75, 3.05) is 13.1 Å². The molecular weight excluding hydrogens is 340 g/mol. The first-order chi connectivity index (χ1) is 13.0. The Morgan fingerprint density at radius 1 is 1.15 bits per heavy atom. The number of aliphatic hydroxyl groups is 1. The van der Waals surface area contributed by atoms with Crippen LogP contribution in [0.5, 0.6) is 0 Å². The SMILES string of the molecule is Cc1cccc(=O)n1CCC(=O)N1CCC2(CC1)c1ccccc1C[C@H]2O. The molecule has 0 radical (unpaired) electrons. The molecule has 1 aliphatic carbocycles. The van der Waals surface area contributed by atoms with Gasteiger partial charge in [0.1, 0.15) is 0 Å². The number of hydrogen-bond acceptors (Lipinski definition) is 3. The van der Waals surface area contributed by atoms with Gasteiger partial charge in [-0.25, -0.2) is 0 Å². The van der Waals surface area contributed by atoms with Crippen molar-refractivity contribution >= 4 is 5.91 Å². The van der Waals surface area contributed by atoms with Crippen molar-refractivity contribution in [1.82, 2.24) is 9.47 Å². The van der Waals surface area contributed by atoms with E-state index in [4.69, 9.17) is 0 Å². The molecule has 1 fully saturated rings. The van der Waals surface area contributed by atoms with Crippen LogP contribution in [-0.4, -0.2) is 39.7 Å². The highest BCUT2D eigenvalue weighted by Crippen LogP contribution is 2.46. The molecule has 0 unspecified atom stereocenters. The van der Waals surface area contributed by atoms with Gasteiger partial charge in [-0.1, -0.05) is 30.3 Å². The molecular formula is C22H26N2O3. The summed E-state index contributed by atoms with van der Waals surface area (Å²) < 4.78 is 1.65. The predicted octanol–water partition coefficient (Wildman–Crippen LogP) is 2.02. The molecule has 4 rings (SSSR count). The molecule has 5 nitrogen and oxygen atoms in total. The zero-order valence-electron chi connectivity index (χ0n) is 15.7. The van der Waals surface area contributed by atoms with Gasteiger partial charge in [0.05, 0.1) is 6.10 Å². The molecule has 1 aliphatic heterocycles. The Kier molecular flexibility index (Phi) is 4.64. The fraction of sp³-hybridized carbons (Fsp3) is 0.455. The second-order valence-electron chi connectivity index (χ2n) is 7.82. The second kappa shape index (κ2) is 6.97. The third-order valence-electron chi connectivity index (χ3n) is 6.43. The smallest absolute Gasteiger partial charge is 0.250 e. The number of carbonyl (C=O) groups is 1. The normalized spacial score (nSPS) is 20.7. The van der Waals surface area contributed by atoms with Crippen LogP contribution in [0.25, 0.3) is 0 Å². The van der Waals surface area contributed by atoms with Gasteiger partial charge in [-0.2, -0.15) is 0 Å². The molecule has 1 spiro atoms. The third kappa shape index (κ3) is 3.10. The minimum atomic E-state index is -0.363. The quantitative estimate of drug-likeness (QED) is 0.904. The lowest BCUT2D eigenvalue weighted by Gasteiger charge is -2.42. The van der Waals surface area contributed by atoms with Crippen molar-refractivity contribution < 1.29 is 9.90 Å². The number of aliphatic hydroxyl groups excluding tert-OH is 1. The molecule has 0 bridgehead atoms. The van der Waals surface area contributed by atoms with Crippen molar-refractivity contribution in [3.63, 3.8) is 0 Å². The fourth-order valence-electron chi connectivity index (χ4n) is 4.80. The van der Waals surface area contributed by atoms with Crippen molar-refractivity contribution in [3.8, 4) is 0 Å². The van der Waals surface area contributed by atoms with E-state index in [9.17, 15) is 14.7 Å². The van der Waals surface area contributed by atoms with Gasteiger partial charge in [0.15, 0.2) is 0 Å². The Balaban J connectivity index is 1.41. The number of benzene rings is 1. The number of hydrogen-bond donors (Lipinski definition) is 1. The Hall–Kier alpha value is -2.40. The molecule has 2 aliphatic rings. The van der Waals surface area contributed by atoms with Crippen LogP contribution in [0.1, 0.15) is 36.1 Å². The molecule has 142 valence electrons. The summed E-state index contributed by atoms with van der Waals surface area (Å²) in [7, 11) is 0. The van der Waals surface area contributed by atoms with Gasteiger partial charge in [-0.05, 0) is 43.4 Å². The minimum Gasteiger partial charge on any atom is -0.392 e. The standard InChI is InChI=1S/C22H26N2O3/c1-16-5-4-8-21(27)24(16)12-9-20(26)23-13-10-22(11-14-23)18-7-3-2-6-17(18)15-19(22)25/h2-8,19,25H,9-15H2,1H3/t19-/m1/s1. The summed E-state index contributed by atoms with van der Waals surface area (Å²) in [6.45, 7) is 3.62. The lowest BCUT2D eigenvalue weighted by molar-refractivity contribution is -0.133. The number of fused-ring (bicyclic) bond motifs is 2. The maximum Gasteiger partial charge on any atom is 0.250 e. The number of nitrogens with zero attached hydrogens (tertiary/aromatic N) is 2. The molecule has 0 saturated carbocycles. The molecule has 27 heavy (non-hydrogen) atoms. The molecule has 5 heteroatoms. The van der Waals surface area contributed by atoms with Gasteiger partial charge in [0, 0.05) is 43.2 Å². The van der Waals surface area contributed by atoms with Crippen molar-refractivity contribution in [3.05, 3.63) is 69.6 Å². The molecule has 2 heterocycles. The van der Waals surface area contributed by atoms with Crippen LogP contribution in [0.4, 0.5) is 0 Å². The maximum absolute atomic E-state index is 12.7. The lowest BCUT2D eigenvalue weighted by Crippen LogP contribution is -2.49. The van der Waals surface area contributed by atoms with Crippen LogP contribution >= 0.6 is 0 Å². The number of likely N-dealkylation sites (tertiary alicyclic amines) is 1. The maximum atomic E-state index is 12.7. The Morgan fingerprint density at radius 2 is 1.89 bits per heavy atom. The number of piperidine rings is 1. The van der Waals surface area contributed by atoms with Gasteiger partial charge in [0.25, 0.3) is 5.56 Å². The van der Waals surface area contributed by atoms with Crippen LogP contribution in [0.2, 0.25) is 0 Å². The summed E-state index contributed by atoms with van der Waals surface area (Å²) >= 11 is 0. The largest absolute Gasteiger partial charge is 0.392 e. The Morgan fingerprint density at radius 3 is 2.63 bits per heavy atom. The van der Waals surface area contributed by atoms with E-state index in [0.717, 1.165) is 18.5 Å². The van der Waals surface area contributed by atoms with Gasteiger partial charge < -0.3 is 14.6 Å². The molecule has 1 saturated heterocycles. The third-order valence-corrected chi connectivity index (χ3v) is 6.43. The number of pyridine rings is 1. The van der Waals surface area contributed by atoms with E-state index in [1.165, 1.54) is 17.2 Å². The minimum absolute atomic E-state index is 0.0638. The fourth-order valence-corrected chi connectivity index (χ4v) is 4.80. The van der Waals surface area contributed by atoms with Gasteiger partial charge in [-0.15, -0.1) is 0 Å². The summed E-state index contributed by atoms with van der Waals surface area (Å²) in [5, 5.41) is 10.7. The van der Waals surface area contributed by atoms with Gasteiger partial charge in [0.2, 0.25) is 5.91 Å². The number of carbonyl (C=O) groups excluding carboxylic acids is 1. The number of aryl methyl sites for hydroxylation is 1. The number of rotatable bonds is 3. The van der Waals surface area contributed by atoms with Crippen molar-refractivity contribution in [2.45, 2.75) is 50.7 Å². The van der Waals surface area contributed by atoms with Crippen LogP contribution in [-0.2, 0) is 23.2 Å². The topological polar surface area (TPSA) is 62.5 Å². The molecule has 1 aromatic carbocycles. The van der Waals surface area contributed by atoms with Crippen molar-refractivity contribution in [1.29, 1.82) is 0 Å². The van der Waals surface area contributed by atoms with E-state index >= 15 is 0 Å². The highest BCUT2D eigenvalue weighted by atomic mass is 16.3. The van der Waals surface area contributed by atoms with E-state index < -0.39 is 0 Å². The zero-order chi connectivity index (χ0) is 19.0. The number of aromatic nitrogens is 1. The van der Waals surface area contributed by atoms with Gasteiger partial charge in [-0.3, -0.25) is 9.59 Å². The lowest BCUT2D eigenvalue weighted by atomic mass is 9.72. The highest BCUT2D eigenvalue weighted by Gasteiger charge is 2.47. The van der Waals surface area contributed by atoms with E-state index in [1.807, 2.05) is 30.0 Å². The average Bonchev–Trinajstić information content (AvgIpc) is 2.93. The first-order valence-corrected chi connectivity index (χ1v) is 9.72. The van der Waals surface area contributed by atoms with Crippen LogP contribution < -0.4 is 5.56 Å². The highest BCUT2D eigenvalue weighted by molar-refractivity contribution is 5.76. The Bertz CT molecular complexity index is 910. The van der Waals surface area contributed by atoms with E-state index in [2.05, 4.69) is 12.1 Å². The van der Waals surface area contributed by atoms with E-state index in [1.54, 1.807) is 10.6 Å². The van der Waals surface area contributed by atoms with Crippen LogP contribution in [0, 0.1) is 6.92 Å². The van der Waals surface area contributed by atoms with Crippen LogP contribution in [0.3, 0.4) is 0 Å². The summed E-state index contributed by atoms with van der Waals surface area (Å²) in [5.74, 6) is 0.0841. The van der Waals surface area contributed by atoms with Crippen molar-refractivity contribution in [2.24, 2.45) is 0 Å². The van der Waals surface area contributed by atoms with Crippen LogP contribution in [0.15, 0.2) is 47.3 Å². The van der Waals surface area contributed by atoms with E-state index in [-0.39, 0.29) is 23.0 Å². The summed E-state index contributed by atoms with van der Waals surface area (Å²) in [6.07, 6.45) is 2.26. The molecule has 1 amide bonds. The monoisotopic (exact) mass is 366 g/mol. The second-order valence-corrected chi connectivity index (χ2v) is 7.82. The first-order valence-electron chi connectivity index (χ1n) is 9.72. The predicted molar refractivity (Wildman–Crippen MR) is 104 cm³/mol. The van der Waals surface area contributed by atoms with E-state index in [0.29, 0.717) is 32.5 Å². The summed E-state index contributed by atoms with van der Waals surface area (Å²) in [4.78, 5) is 26.5.